The highest BCUT2D eigenvalue weighted by atomic mass is 32.2. The first kappa shape index (κ1) is 11.4. The monoisotopic (exact) mass is 215 g/mol. The van der Waals surface area contributed by atoms with Gasteiger partial charge in [0.05, 0.1) is 0 Å². The van der Waals surface area contributed by atoms with E-state index in [9.17, 15) is 4.79 Å². The summed E-state index contributed by atoms with van der Waals surface area (Å²) in [4.78, 5) is 14.8. The molecule has 80 valence electrons. The van der Waals surface area contributed by atoms with Crippen molar-refractivity contribution in [2.45, 2.75) is 32.2 Å². The number of amidine groups is 1. The van der Waals surface area contributed by atoms with Crippen LogP contribution in [0.1, 0.15) is 26.2 Å². The molecule has 1 amide bonds. The summed E-state index contributed by atoms with van der Waals surface area (Å²) < 4.78 is 0. The number of amides is 1. The van der Waals surface area contributed by atoms with E-state index in [-0.39, 0.29) is 5.91 Å². The number of nitrogens with zero attached hydrogens (tertiary/aromatic N) is 1. The van der Waals surface area contributed by atoms with Crippen LogP contribution in [-0.4, -0.2) is 29.4 Å². The summed E-state index contributed by atoms with van der Waals surface area (Å²) in [7, 11) is 0. The molecular weight excluding hydrogens is 198 g/mol. The largest absolute Gasteiger partial charge is 0.370 e. The van der Waals surface area contributed by atoms with E-state index in [1.807, 2.05) is 0 Å². The van der Waals surface area contributed by atoms with Crippen molar-refractivity contribution < 1.29 is 4.79 Å². The summed E-state index contributed by atoms with van der Waals surface area (Å²) in [5.74, 6) is 0.875. The van der Waals surface area contributed by atoms with Gasteiger partial charge in [0.1, 0.15) is 0 Å². The molecule has 1 aliphatic rings. The van der Waals surface area contributed by atoms with E-state index < -0.39 is 0 Å². The predicted molar refractivity (Wildman–Crippen MR) is 60.4 cm³/mol. The van der Waals surface area contributed by atoms with Crippen molar-refractivity contribution in [3.63, 3.8) is 0 Å². The SMILES string of the molecule is CC1CSC(=NCCCCC(N)=O)N1. The molecule has 0 aliphatic carbocycles. The molecular formula is C9H17N3OS. The molecule has 1 unspecified atom stereocenters. The minimum Gasteiger partial charge on any atom is -0.370 e. The van der Waals surface area contributed by atoms with Crippen LogP contribution >= 0.6 is 11.8 Å². The smallest absolute Gasteiger partial charge is 0.217 e. The molecule has 0 aromatic heterocycles. The molecule has 0 radical (unpaired) electrons. The van der Waals surface area contributed by atoms with Gasteiger partial charge in [0.25, 0.3) is 0 Å². The van der Waals surface area contributed by atoms with Gasteiger partial charge >= 0.3 is 0 Å². The molecule has 1 aliphatic heterocycles. The van der Waals surface area contributed by atoms with Crippen LogP contribution in [0.2, 0.25) is 0 Å². The van der Waals surface area contributed by atoms with E-state index in [1.54, 1.807) is 11.8 Å². The fourth-order valence-electron chi connectivity index (χ4n) is 1.18. The Bertz CT molecular complexity index is 230. The van der Waals surface area contributed by atoms with Crippen LogP contribution in [0.15, 0.2) is 4.99 Å². The molecule has 5 heteroatoms. The fraction of sp³-hybridized carbons (Fsp3) is 0.778. The Kier molecular flexibility index (Phi) is 4.79. The average molecular weight is 215 g/mol. The lowest BCUT2D eigenvalue weighted by Crippen LogP contribution is -2.23. The number of hydrogen-bond acceptors (Lipinski definition) is 3. The summed E-state index contributed by atoms with van der Waals surface area (Å²) >= 11 is 1.76. The molecule has 0 spiro atoms. The highest BCUT2D eigenvalue weighted by Gasteiger charge is 2.14. The summed E-state index contributed by atoms with van der Waals surface area (Å²) in [6.45, 7) is 2.93. The lowest BCUT2D eigenvalue weighted by atomic mass is 10.2. The third-order valence-corrected chi connectivity index (χ3v) is 3.11. The quantitative estimate of drug-likeness (QED) is 0.664. The van der Waals surface area contributed by atoms with Crippen molar-refractivity contribution in [2.75, 3.05) is 12.3 Å². The van der Waals surface area contributed by atoms with Gasteiger partial charge in [-0.2, -0.15) is 0 Å². The van der Waals surface area contributed by atoms with Crippen LogP contribution in [0.4, 0.5) is 0 Å². The van der Waals surface area contributed by atoms with Crippen LogP contribution in [0.5, 0.6) is 0 Å². The fourth-order valence-corrected chi connectivity index (χ4v) is 2.14. The second kappa shape index (κ2) is 5.90. The van der Waals surface area contributed by atoms with Gasteiger partial charge < -0.3 is 11.1 Å². The molecule has 14 heavy (non-hydrogen) atoms. The van der Waals surface area contributed by atoms with Crippen molar-refractivity contribution in [3.05, 3.63) is 0 Å². The van der Waals surface area contributed by atoms with E-state index >= 15 is 0 Å². The minimum absolute atomic E-state index is 0.223. The Morgan fingerprint density at radius 2 is 2.50 bits per heavy atom. The second-order valence-corrected chi connectivity index (χ2v) is 4.48. The highest BCUT2D eigenvalue weighted by molar-refractivity contribution is 8.14. The van der Waals surface area contributed by atoms with Gasteiger partial charge in [0.15, 0.2) is 5.17 Å². The first-order valence-corrected chi connectivity index (χ1v) is 5.89. The highest BCUT2D eigenvalue weighted by Crippen LogP contribution is 2.13. The van der Waals surface area contributed by atoms with E-state index in [2.05, 4.69) is 17.2 Å². The van der Waals surface area contributed by atoms with Gasteiger partial charge in [-0.1, -0.05) is 11.8 Å². The number of carbonyl (C=O) groups is 1. The van der Waals surface area contributed by atoms with Gasteiger partial charge in [-0.3, -0.25) is 9.79 Å². The molecule has 1 atom stereocenters. The third-order valence-electron chi connectivity index (χ3n) is 1.93. The average Bonchev–Trinajstić information content (AvgIpc) is 2.50. The lowest BCUT2D eigenvalue weighted by molar-refractivity contribution is -0.118. The summed E-state index contributed by atoms with van der Waals surface area (Å²) in [6, 6.07) is 0.532. The van der Waals surface area contributed by atoms with Crippen LogP contribution in [0.3, 0.4) is 0 Å². The van der Waals surface area contributed by atoms with E-state index in [0.29, 0.717) is 12.5 Å². The topological polar surface area (TPSA) is 67.5 Å². The zero-order valence-corrected chi connectivity index (χ0v) is 9.27. The molecule has 0 saturated carbocycles. The van der Waals surface area contributed by atoms with E-state index in [0.717, 1.165) is 30.3 Å². The van der Waals surface area contributed by atoms with Gasteiger partial charge in [-0.25, -0.2) is 0 Å². The molecule has 4 nitrogen and oxygen atoms in total. The zero-order valence-electron chi connectivity index (χ0n) is 8.45. The number of carbonyl (C=O) groups excluding carboxylic acids is 1. The Labute approximate surface area is 88.7 Å². The van der Waals surface area contributed by atoms with Crippen molar-refractivity contribution >= 4 is 22.8 Å². The van der Waals surface area contributed by atoms with Crippen molar-refractivity contribution in [1.29, 1.82) is 0 Å². The molecule has 0 bridgehead atoms. The first-order valence-electron chi connectivity index (χ1n) is 4.90. The van der Waals surface area contributed by atoms with Gasteiger partial charge in [0.2, 0.25) is 5.91 Å². The maximum absolute atomic E-state index is 10.4. The predicted octanol–water partition coefficient (Wildman–Crippen LogP) is 0.723. The molecule has 1 saturated heterocycles. The molecule has 0 aromatic carbocycles. The van der Waals surface area contributed by atoms with E-state index in [4.69, 9.17) is 5.73 Å². The molecule has 1 fully saturated rings. The zero-order chi connectivity index (χ0) is 10.4. The maximum Gasteiger partial charge on any atom is 0.217 e. The number of aliphatic imine (C=N–C) groups is 1. The number of hydrogen-bond donors (Lipinski definition) is 2. The standard InChI is InChI=1S/C9H17N3OS/c1-7-6-14-9(12-7)11-5-3-2-4-8(10)13/h7H,2-6H2,1H3,(H2,10,13)(H,11,12). The number of unbranched alkanes of at least 4 members (excludes halogenated alkanes) is 1. The maximum atomic E-state index is 10.4. The van der Waals surface area contributed by atoms with Crippen LogP contribution in [0, 0.1) is 0 Å². The number of primary amides is 1. The van der Waals surface area contributed by atoms with Crippen LogP contribution in [-0.2, 0) is 4.79 Å². The number of thioether (sulfide) groups is 1. The minimum atomic E-state index is -0.223. The van der Waals surface area contributed by atoms with Crippen molar-refractivity contribution in [3.8, 4) is 0 Å². The summed E-state index contributed by atoms with van der Waals surface area (Å²) in [5.41, 5.74) is 5.02. The van der Waals surface area contributed by atoms with Crippen LogP contribution < -0.4 is 11.1 Å². The molecule has 1 rings (SSSR count). The second-order valence-electron chi connectivity index (χ2n) is 3.47. The summed E-state index contributed by atoms with van der Waals surface area (Å²) in [6.07, 6.45) is 2.25. The van der Waals surface area contributed by atoms with E-state index in [1.165, 1.54) is 0 Å². The number of rotatable bonds is 5. The van der Waals surface area contributed by atoms with Gasteiger partial charge in [-0.05, 0) is 19.8 Å². The molecule has 1 heterocycles. The number of nitrogens with one attached hydrogen (secondary N) is 1. The third kappa shape index (κ3) is 4.50. The Morgan fingerprint density at radius 1 is 1.71 bits per heavy atom. The Balaban J connectivity index is 2.05. The number of nitrogens with two attached hydrogens (primary N) is 1. The lowest BCUT2D eigenvalue weighted by Gasteiger charge is -2.00. The molecule has 0 aromatic rings. The molecule has 3 N–H and O–H groups in total. The summed E-state index contributed by atoms with van der Waals surface area (Å²) in [5, 5.41) is 4.31. The van der Waals surface area contributed by atoms with Crippen molar-refractivity contribution in [2.24, 2.45) is 10.7 Å². The van der Waals surface area contributed by atoms with Crippen LogP contribution in [0.25, 0.3) is 0 Å². The normalized spacial score (nSPS) is 23.8. The van der Waals surface area contributed by atoms with Crippen molar-refractivity contribution in [1.82, 2.24) is 5.32 Å². The Morgan fingerprint density at radius 3 is 3.07 bits per heavy atom. The van der Waals surface area contributed by atoms with Gasteiger partial charge in [-0.15, -0.1) is 0 Å². The first-order chi connectivity index (χ1) is 6.68. The Hall–Kier alpha value is -0.710. The van der Waals surface area contributed by atoms with Gasteiger partial charge in [0, 0.05) is 24.8 Å².